The zero-order valence-electron chi connectivity index (χ0n) is 37.0. The molecule has 1 heterocycles. The lowest BCUT2D eigenvalue weighted by atomic mass is 9.87. The van der Waals surface area contributed by atoms with Gasteiger partial charge in [-0.2, -0.15) is 0 Å². The van der Waals surface area contributed by atoms with E-state index in [1.54, 1.807) is 60.8 Å². The summed E-state index contributed by atoms with van der Waals surface area (Å²) in [5.41, 5.74) is 1.88. The highest BCUT2D eigenvalue weighted by Gasteiger charge is 2.51. The standard InChI is InChI=1S/C48H58N5O11PS/c1-63-37-24-22-35(23-25-37)42(34-17-7-4-8-18-34)44(52-43(54)40(53-66(2,61)62)21-11-14-28-49-47(58)64-31-33-15-5-3-6-16-33)65(59,60)32-48(26-12-13-27-48)46(57)51-41(45(55)56)29-36-30-50-39-20-10-9-19-38(36)39/h3-10,15-20,22-25,30,40-42,44,50,53H,11-14,21,26-29,31-32H2,1-2H3,(H,49,58)(H,51,57)(H,52,54)(H,55,56)(H,59,60)/t40?,41-,42?,44?/m0/s1. The van der Waals surface area contributed by atoms with Crippen LogP contribution in [-0.4, -0.2) is 91.2 Å². The van der Waals surface area contributed by atoms with Crippen molar-refractivity contribution in [1.82, 2.24) is 25.7 Å². The van der Waals surface area contributed by atoms with E-state index < -0.39 is 76.6 Å². The molecule has 0 saturated heterocycles. The van der Waals surface area contributed by atoms with E-state index >= 15 is 4.57 Å². The third-order valence-corrected chi connectivity index (χ3v) is 15.1. The van der Waals surface area contributed by atoms with E-state index in [1.807, 2.05) is 54.6 Å². The van der Waals surface area contributed by atoms with Crippen LogP contribution in [0.1, 0.15) is 73.1 Å². The maximum atomic E-state index is 15.5. The number of amides is 3. The summed E-state index contributed by atoms with van der Waals surface area (Å²) in [6, 6.07) is 29.3. The van der Waals surface area contributed by atoms with Crippen molar-refractivity contribution in [3.63, 3.8) is 0 Å². The lowest BCUT2D eigenvalue weighted by Crippen LogP contribution is -2.53. The summed E-state index contributed by atoms with van der Waals surface area (Å²) in [7, 11) is -7.27. The van der Waals surface area contributed by atoms with Gasteiger partial charge in [-0.3, -0.25) is 14.2 Å². The summed E-state index contributed by atoms with van der Waals surface area (Å²) >= 11 is 0. The topological polar surface area (TPSA) is 242 Å². The van der Waals surface area contributed by atoms with Crippen LogP contribution in [-0.2, 0) is 46.7 Å². The van der Waals surface area contributed by atoms with Crippen LogP contribution in [0.15, 0.2) is 115 Å². The van der Waals surface area contributed by atoms with Gasteiger partial charge in [-0.1, -0.05) is 104 Å². The van der Waals surface area contributed by atoms with Gasteiger partial charge in [0, 0.05) is 42.1 Å². The molecule has 4 aromatic carbocycles. The number of hydrogen-bond acceptors (Lipinski definition) is 9. The number of carbonyl (C=O) groups is 4. The molecular formula is C48H58N5O11PS. The van der Waals surface area contributed by atoms with Crippen molar-refractivity contribution < 1.29 is 51.6 Å². The minimum Gasteiger partial charge on any atom is -0.497 e. The minimum absolute atomic E-state index is 0.0417. The lowest BCUT2D eigenvalue weighted by molar-refractivity contribution is -0.143. The van der Waals surface area contributed by atoms with Gasteiger partial charge in [-0.15, -0.1) is 0 Å². The van der Waals surface area contributed by atoms with Gasteiger partial charge < -0.3 is 40.4 Å². The van der Waals surface area contributed by atoms with Crippen LogP contribution < -0.4 is 25.4 Å². The Hall–Kier alpha value is -6.00. The van der Waals surface area contributed by atoms with Gasteiger partial charge in [-0.05, 0) is 72.6 Å². The molecular weight excluding hydrogens is 886 g/mol. The van der Waals surface area contributed by atoms with Crippen LogP contribution in [0.5, 0.6) is 5.75 Å². The number of fused-ring (bicyclic) bond motifs is 1. The Morgan fingerprint density at radius 3 is 2.12 bits per heavy atom. The highest BCUT2D eigenvalue weighted by atomic mass is 32.2. The van der Waals surface area contributed by atoms with Gasteiger partial charge in [0.05, 0.1) is 18.8 Å². The molecule has 66 heavy (non-hydrogen) atoms. The van der Waals surface area contributed by atoms with Gasteiger partial charge in [0.25, 0.3) is 0 Å². The molecule has 1 aliphatic rings. The zero-order valence-corrected chi connectivity index (χ0v) is 38.7. The largest absolute Gasteiger partial charge is 0.497 e. The first-order valence-corrected chi connectivity index (χ1v) is 25.7. The van der Waals surface area contributed by atoms with Crippen molar-refractivity contribution in [2.24, 2.45) is 5.41 Å². The molecule has 0 bridgehead atoms. The molecule has 0 radical (unpaired) electrons. The smallest absolute Gasteiger partial charge is 0.407 e. The lowest BCUT2D eigenvalue weighted by Gasteiger charge is -2.38. The van der Waals surface area contributed by atoms with E-state index in [9.17, 15) is 37.6 Å². The molecule has 5 atom stereocenters. The predicted octanol–water partition coefficient (Wildman–Crippen LogP) is 6.41. The number of aromatic nitrogens is 1. The second-order valence-electron chi connectivity index (χ2n) is 16.9. The van der Waals surface area contributed by atoms with Crippen molar-refractivity contribution in [1.29, 1.82) is 0 Å². The van der Waals surface area contributed by atoms with Gasteiger partial charge in [0.2, 0.25) is 29.2 Å². The molecule has 3 amide bonds. The van der Waals surface area contributed by atoms with Crippen LogP contribution >= 0.6 is 7.37 Å². The molecule has 0 spiro atoms. The number of alkyl carbamates (subject to hydrolysis) is 1. The maximum Gasteiger partial charge on any atom is 0.407 e. The number of methoxy groups -OCH3 is 1. The zero-order chi connectivity index (χ0) is 47.3. The number of carboxylic acid groups (broad SMARTS) is 1. The average Bonchev–Trinajstić information content (AvgIpc) is 3.95. The number of carbonyl (C=O) groups excluding carboxylic acids is 3. The minimum atomic E-state index is -4.77. The fourth-order valence-electron chi connectivity index (χ4n) is 8.70. The fourth-order valence-corrected chi connectivity index (χ4v) is 12.1. The molecule has 1 aromatic heterocycles. The Bertz CT molecular complexity index is 2590. The summed E-state index contributed by atoms with van der Waals surface area (Å²) in [5, 5.41) is 19.3. The highest BCUT2D eigenvalue weighted by molar-refractivity contribution is 7.88. The number of nitrogens with one attached hydrogen (secondary N) is 5. The van der Waals surface area contributed by atoms with Crippen molar-refractivity contribution in [2.75, 3.05) is 26.1 Å². The number of ether oxygens (including phenoxy) is 2. The third-order valence-electron chi connectivity index (χ3n) is 12.0. The second-order valence-corrected chi connectivity index (χ2v) is 21.0. The van der Waals surface area contributed by atoms with Gasteiger partial charge in [0.1, 0.15) is 30.2 Å². The second kappa shape index (κ2) is 22.5. The number of H-pyrrole nitrogens is 1. The van der Waals surface area contributed by atoms with E-state index in [1.165, 1.54) is 7.11 Å². The van der Waals surface area contributed by atoms with Crippen molar-refractivity contribution in [3.8, 4) is 5.75 Å². The molecule has 1 saturated carbocycles. The molecule has 16 nitrogen and oxygen atoms in total. The molecule has 1 aliphatic carbocycles. The highest BCUT2D eigenvalue weighted by Crippen LogP contribution is 2.59. The Kier molecular flexibility index (Phi) is 16.8. The van der Waals surface area contributed by atoms with Crippen LogP contribution in [0, 0.1) is 5.41 Å². The Morgan fingerprint density at radius 1 is 0.833 bits per heavy atom. The number of rotatable bonds is 23. The van der Waals surface area contributed by atoms with E-state index in [-0.39, 0.29) is 45.3 Å². The number of carboxylic acids is 1. The Balaban J connectivity index is 1.27. The number of para-hydroxylation sites is 1. The average molecular weight is 944 g/mol. The summed E-state index contributed by atoms with van der Waals surface area (Å²) < 4.78 is 54.0. The van der Waals surface area contributed by atoms with Gasteiger partial charge in [-0.25, -0.2) is 22.7 Å². The van der Waals surface area contributed by atoms with Crippen LogP contribution in [0.4, 0.5) is 4.79 Å². The Morgan fingerprint density at radius 2 is 1.47 bits per heavy atom. The van der Waals surface area contributed by atoms with Crippen molar-refractivity contribution in [2.45, 2.75) is 81.8 Å². The summed E-state index contributed by atoms with van der Waals surface area (Å²) in [6.45, 7) is 0.238. The van der Waals surface area contributed by atoms with E-state index in [4.69, 9.17) is 9.47 Å². The van der Waals surface area contributed by atoms with Gasteiger partial charge in [0.15, 0.2) is 0 Å². The number of benzene rings is 4. The first-order chi connectivity index (χ1) is 31.6. The van der Waals surface area contributed by atoms with E-state index in [2.05, 4.69) is 25.7 Å². The summed E-state index contributed by atoms with van der Waals surface area (Å²) in [6.07, 6.45) is 3.30. The number of unbranched alkanes of at least 4 members (excludes halogenated alkanes) is 1. The van der Waals surface area contributed by atoms with Gasteiger partial charge >= 0.3 is 12.1 Å². The normalized spacial score (nSPS) is 16.2. The fraction of sp³-hybridized carbons (Fsp3) is 0.375. The molecule has 4 unspecified atom stereocenters. The molecule has 1 fully saturated rings. The predicted molar refractivity (Wildman–Crippen MR) is 251 cm³/mol. The molecule has 6 rings (SSSR count). The summed E-state index contributed by atoms with van der Waals surface area (Å²) in [5.74, 6) is -4.93. The molecule has 18 heteroatoms. The number of sulfonamides is 1. The van der Waals surface area contributed by atoms with E-state index in [0.29, 0.717) is 41.7 Å². The molecule has 0 aliphatic heterocycles. The third kappa shape index (κ3) is 13.3. The van der Waals surface area contributed by atoms with Crippen LogP contribution in [0.2, 0.25) is 0 Å². The molecule has 7 N–H and O–H groups in total. The van der Waals surface area contributed by atoms with Crippen LogP contribution in [0.25, 0.3) is 10.9 Å². The quantitative estimate of drug-likeness (QED) is 0.0279. The number of aliphatic carboxylic acids is 1. The van der Waals surface area contributed by atoms with Crippen molar-refractivity contribution in [3.05, 3.63) is 138 Å². The molecule has 352 valence electrons. The molecule has 5 aromatic rings. The van der Waals surface area contributed by atoms with Crippen molar-refractivity contribution >= 4 is 52.2 Å². The SMILES string of the molecule is COc1ccc(C(c2ccccc2)C(NC(=O)C(CCCCNC(=O)OCc2ccccc2)NS(C)(=O)=O)P(=O)(O)CC2(C(=O)N[C@@H](Cc3c[nH]c4ccccc34)C(=O)O)CCCC2)cc1. The number of hydrogen-bond donors (Lipinski definition) is 7. The van der Waals surface area contributed by atoms with E-state index in [0.717, 1.165) is 22.7 Å². The Labute approximate surface area is 384 Å². The first-order valence-electron chi connectivity index (χ1n) is 21.9. The number of aromatic amines is 1. The maximum absolute atomic E-state index is 15.5. The monoisotopic (exact) mass is 943 g/mol. The first kappa shape index (κ1) is 49.4. The van der Waals surface area contributed by atoms with Crippen LogP contribution in [0.3, 0.4) is 0 Å². The summed E-state index contributed by atoms with van der Waals surface area (Å²) in [4.78, 5) is 69.8.